The van der Waals surface area contributed by atoms with E-state index in [4.69, 9.17) is 0 Å². The normalized spacial score (nSPS) is 25.8. The summed E-state index contributed by atoms with van der Waals surface area (Å²) >= 11 is 0. The Morgan fingerprint density at radius 2 is 2.11 bits per heavy atom. The lowest BCUT2D eigenvalue weighted by molar-refractivity contribution is 0.457. The predicted molar refractivity (Wildman–Crippen MR) is 70.3 cm³/mol. The molecule has 0 unspecified atom stereocenters. The number of fused-ring (bicyclic) bond motifs is 1. The lowest BCUT2D eigenvalue weighted by atomic mass is 9.98. The van der Waals surface area contributed by atoms with E-state index in [1.54, 1.807) is 18.2 Å². The van der Waals surface area contributed by atoms with E-state index in [0.29, 0.717) is 11.5 Å². The van der Waals surface area contributed by atoms with Gasteiger partial charge in [-0.2, -0.15) is 8.42 Å². The first kappa shape index (κ1) is 11.7. The third kappa shape index (κ3) is 2.02. The summed E-state index contributed by atoms with van der Waals surface area (Å²) in [7, 11) is -3.54. The average Bonchev–Trinajstić information content (AvgIpc) is 2.39. The Morgan fingerprint density at radius 1 is 1.28 bits per heavy atom. The summed E-state index contributed by atoms with van der Waals surface area (Å²) in [4.78, 5) is 0.262. The van der Waals surface area contributed by atoms with Crippen LogP contribution in [0, 0.1) is 5.92 Å². The van der Waals surface area contributed by atoms with Crippen LogP contribution in [0.3, 0.4) is 0 Å². The molecule has 1 aromatic rings. The van der Waals surface area contributed by atoms with Crippen molar-refractivity contribution in [3.63, 3.8) is 0 Å². The van der Waals surface area contributed by atoms with Crippen LogP contribution < -0.4 is 10.6 Å². The van der Waals surface area contributed by atoms with Gasteiger partial charge in [0.25, 0.3) is 10.0 Å². The molecular formula is C12H15N3O2S. The predicted octanol–water partition coefficient (Wildman–Crippen LogP) is 1.20. The summed E-state index contributed by atoms with van der Waals surface area (Å²) in [6.07, 6.45) is 2.02. The first-order valence-electron chi connectivity index (χ1n) is 6.08. The quantitative estimate of drug-likeness (QED) is 0.800. The van der Waals surface area contributed by atoms with Gasteiger partial charge in [-0.1, -0.05) is 12.1 Å². The highest BCUT2D eigenvalue weighted by molar-refractivity contribution is 7.90. The van der Waals surface area contributed by atoms with Crippen LogP contribution in [-0.2, 0) is 10.0 Å². The van der Waals surface area contributed by atoms with Crippen LogP contribution in [0.4, 0.5) is 5.69 Å². The maximum Gasteiger partial charge on any atom is 0.286 e. The van der Waals surface area contributed by atoms with Crippen LogP contribution in [0.5, 0.6) is 0 Å². The molecular weight excluding hydrogens is 250 g/mol. The molecule has 0 spiro atoms. The van der Waals surface area contributed by atoms with Gasteiger partial charge in [0.1, 0.15) is 10.7 Å². The second-order valence-corrected chi connectivity index (χ2v) is 6.19. The van der Waals surface area contributed by atoms with E-state index in [0.717, 1.165) is 25.9 Å². The van der Waals surface area contributed by atoms with Crippen molar-refractivity contribution in [1.29, 1.82) is 0 Å². The van der Waals surface area contributed by atoms with Crippen molar-refractivity contribution in [2.75, 3.05) is 18.4 Å². The zero-order chi connectivity index (χ0) is 12.6. The topological polar surface area (TPSA) is 70.6 Å². The van der Waals surface area contributed by atoms with Gasteiger partial charge in [-0.05, 0) is 31.5 Å². The van der Waals surface area contributed by atoms with E-state index in [2.05, 4.69) is 15.0 Å². The number of sulfonamides is 1. The summed E-state index contributed by atoms with van der Waals surface area (Å²) in [5.41, 5.74) is 0.632. The molecule has 0 aromatic heterocycles. The van der Waals surface area contributed by atoms with E-state index in [1.807, 2.05) is 6.07 Å². The Bertz CT molecular complexity index is 589. The van der Waals surface area contributed by atoms with Gasteiger partial charge < -0.3 is 10.6 Å². The monoisotopic (exact) mass is 265 g/mol. The minimum Gasteiger partial charge on any atom is -0.342 e. The van der Waals surface area contributed by atoms with Crippen LogP contribution in [0.2, 0.25) is 0 Å². The van der Waals surface area contributed by atoms with Crippen molar-refractivity contribution in [3.05, 3.63) is 24.3 Å². The smallest absolute Gasteiger partial charge is 0.286 e. The fourth-order valence-electron chi connectivity index (χ4n) is 2.40. The minimum absolute atomic E-state index is 0.155. The molecule has 1 atom stereocenters. The Balaban J connectivity index is 1.98. The number of hydrogen-bond donors (Lipinski definition) is 2. The zero-order valence-electron chi connectivity index (χ0n) is 9.89. The Kier molecular flexibility index (Phi) is 2.83. The standard InChI is InChI=1S/C12H15N3O2S/c16-18(17)11-6-2-1-5-10(11)14-12(15-18)9-4-3-7-13-8-9/h1-2,5-6,9,13H,3-4,7-8H2,(H,14,15)/t9-/m1/s1. The number of anilines is 1. The molecule has 1 fully saturated rings. The van der Waals surface area contributed by atoms with Crippen LogP contribution in [0.15, 0.2) is 33.6 Å². The van der Waals surface area contributed by atoms with Gasteiger partial charge in [0.15, 0.2) is 0 Å². The Hall–Kier alpha value is -1.40. The highest BCUT2D eigenvalue weighted by Crippen LogP contribution is 2.29. The van der Waals surface area contributed by atoms with Gasteiger partial charge in [0, 0.05) is 12.5 Å². The maximum atomic E-state index is 12.1. The lowest BCUT2D eigenvalue weighted by Crippen LogP contribution is -2.39. The fourth-order valence-corrected chi connectivity index (χ4v) is 3.60. The van der Waals surface area contributed by atoms with Gasteiger partial charge in [0.05, 0.1) is 5.69 Å². The van der Waals surface area contributed by atoms with Gasteiger partial charge in [-0.3, -0.25) is 0 Å². The van der Waals surface area contributed by atoms with E-state index in [-0.39, 0.29) is 10.8 Å². The summed E-state index contributed by atoms with van der Waals surface area (Å²) in [6, 6.07) is 6.89. The van der Waals surface area contributed by atoms with E-state index in [9.17, 15) is 8.42 Å². The van der Waals surface area contributed by atoms with Crippen LogP contribution >= 0.6 is 0 Å². The van der Waals surface area contributed by atoms with Crippen LogP contribution in [0.1, 0.15) is 12.8 Å². The highest BCUT2D eigenvalue weighted by Gasteiger charge is 2.29. The molecule has 18 heavy (non-hydrogen) atoms. The molecule has 2 N–H and O–H groups in total. The number of rotatable bonds is 1. The molecule has 2 aliphatic heterocycles. The molecule has 1 aromatic carbocycles. The number of amidine groups is 1. The van der Waals surface area contributed by atoms with E-state index < -0.39 is 10.0 Å². The number of hydrogen-bond acceptors (Lipinski definition) is 4. The molecule has 0 saturated carbocycles. The van der Waals surface area contributed by atoms with Crippen molar-refractivity contribution in [2.24, 2.45) is 10.3 Å². The number of piperidine rings is 1. The van der Waals surface area contributed by atoms with Crippen molar-refractivity contribution in [3.8, 4) is 0 Å². The molecule has 0 aliphatic carbocycles. The summed E-state index contributed by atoms with van der Waals surface area (Å²) in [5.74, 6) is 0.725. The molecule has 0 radical (unpaired) electrons. The van der Waals surface area contributed by atoms with Crippen LogP contribution in [-0.4, -0.2) is 27.3 Å². The van der Waals surface area contributed by atoms with Gasteiger partial charge in [0.2, 0.25) is 0 Å². The third-order valence-corrected chi connectivity index (χ3v) is 4.68. The van der Waals surface area contributed by atoms with Crippen molar-refractivity contribution < 1.29 is 8.42 Å². The summed E-state index contributed by atoms with van der Waals surface area (Å²) < 4.78 is 28.1. The summed E-state index contributed by atoms with van der Waals surface area (Å²) in [5, 5.41) is 6.42. The maximum absolute atomic E-state index is 12.1. The number of benzene rings is 1. The largest absolute Gasteiger partial charge is 0.342 e. The van der Waals surface area contributed by atoms with Gasteiger partial charge >= 0.3 is 0 Å². The summed E-state index contributed by atoms with van der Waals surface area (Å²) in [6.45, 7) is 1.77. The van der Waals surface area contributed by atoms with E-state index in [1.165, 1.54) is 0 Å². The molecule has 3 rings (SSSR count). The SMILES string of the molecule is O=S1(=O)N=C([C@@H]2CCCNC2)Nc2ccccc21. The van der Waals surface area contributed by atoms with Crippen LogP contribution in [0.25, 0.3) is 0 Å². The van der Waals surface area contributed by atoms with Crippen molar-refractivity contribution >= 4 is 21.5 Å². The zero-order valence-corrected chi connectivity index (χ0v) is 10.7. The van der Waals surface area contributed by atoms with Gasteiger partial charge in [-0.25, -0.2) is 0 Å². The second-order valence-electron chi connectivity index (χ2n) is 4.62. The molecule has 2 heterocycles. The van der Waals surface area contributed by atoms with E-state index >= 15 is 0 Å². The average molecular weight is 265 g/mol. The highest BCUT2D eigenvalue weighted by atomic mass is 32.2. The number of nitrogens with zero attached hydrogens (tertiary/aromatic N) is 1. The molecule has 0 bridgehead atoms. The minimum atomic E-state index is -3.54. The Labute approximate surface area is 106 Å². The molecule has 2 aliphatic rings. The first-order valence-corrected chi connectivity index (χ1v) is 7.52. The van der Waals surface area contributed by atoms with Crippen molar-refractivity contribution in [1.82, 2.24) is 5.32 Å². The lowest BCUT2D eigenvalue weighted by Gasteiger charge is -2.27. The number of nitrogens with one attached hydrogen (secondary N) is 2. The molecule has 1 saturated heterocycles. The Morgan fingerprint density at radius 3 is 2.89 bits per heavy atom. The fraction of sp³-hybridized carbons (Fsp3) is 0.417. The molecule has 6 heteroatoms. The molecule has 0 amide bonds. The van der Waals surface area contributed by atoms with Gasteiger partial charge in [-0.15, -0.1) is 4.40 Å². The second kappa shape index (κ2) is 4.37. The van der Waals surface area contributed by atoms with Crippen molar-refractivity contribution in [2.45, 2.75) is 17.7 Å². The first-order chi connectivity index (χ1) is 8.67. The number of para-hydroxylation sites is 1. The molecule has 5 nitrogen and oxygen atoms in total. The molecule has 96 valence electrons. The third-order valence-electron chi connectivity index (χ3n) is 3.33.